The van der Waals surface area contributed by atoms with E-state index < -0.39 is 0 Å². The second kappa shape index (κ2) is 7.61. The van der Waals surface area contributed by atoms with Gasteiger partial charge in [-0.3, -0.25) is 0 Å². The van der Waals surface area contributed by atoms with Crippen molar-refractivity contribution in [3.63, 3.8) is 0 Å². The first-order valence-electron chi connectivity index (χ1n) is 9.15. The van der Waals surface area contributed by atoms with Gasteiger partial charge in [0.05, 0.1) is 12.8 Å². The van der Waals surface area contributed by atoms with Crippen molar-refractivity contribution in [3.8, 4) is 17.0 Å². The van der Waals surface area contributed by atoms with Crippen LogP contribution in [0.4, 0.5) is 11.6 Å². The number of hydrogen-bond donors (Lipinski definition) is 1. The van der Waals surface area contributed by atoms with Gasteiger partial charge >= 0.3 is 0 Å². The molecule has 1 aromatic carbocycles. The fourth-order valence-electron chi connectivity index (χ4n) is 3.59. The summed E-state index contributed by atoms with van der Waals surface area (Å²) in [4.78, 5) is 6.48. The van der Waals surface area contributed by atoms with Crippen LogP contribution in [0.15, 0.2) is 54.7 Å². The van der Waals surface area contributed by atoms with Gasteiger partial charge in [0, 0.05) is 24.8 Å². The van der Waals surface area contributed by atoms with Gasteiger partial charge in [0.15, 0.2) is 5.82 Å². The van der Waals surface area contributed by atoms with Crippen molar-refractivity contribution in [2.45, 2.75) is 12.8 Å². The Morgan fingerprint density at radius 3 is 2.74 bits per heavy atom. The Kier molecular flexibility index (Phi) is 4.87. The molecule has 3 aromatic rings. The summed E-state index contributed by atoms with van der Waals surface area (Å²) in [6, 6.07) is 15.8. The van der Waals surface area contributed by atoms with Crippen LogP contribution in [0.25, 0.3) is 11.3 Å². The molecule has 27 heavy (non-hydrogen) atoms. The number of nitrogens with two attached hydrogens (primary N) is 1. The second-order valence-corrected chi connectivity index (χ2v) is 6.87. The molecule has 1 saturated heterocycles. The van der Waals surface area contributed by atoms with Gasteiger partial charge in [-0.1, -0.05) is 18.2 Å². The number of anilines is 2. The summed E-state index contributed by atoms with van der Waals surface area (Å²) in [6.45, 7) is 1.98. The number of aromatic nitrogens is 3. The van der Waals surface area contributed by atoms with Gasteiger partial charge in [-0.15, -0.1) is 10.2 Å². The van der Waals surface area contributed by atoms with Crippen molar-refractivity contribution >= 4 is 11.6 Å². The maximum absolute atomic E-state index is 5.66. The van der Waals surface area contributed by atoms with Crippen LogP contribution in [-0.2, 0) is 6.42 Å². The highest BCUT2D eigenvalue weighted by Gasteiger charge is 2.24. The molecule has 6 heteroatoms. The normalized spacial score (nSPS) is 16.5. The third-order valence-electron chi connectivity index (χ3n) is 5.02. The number of nitrogens with zero attached hydrogens (tertiary/aromatic N) is 4. The highest BCUT2D eigenvalue weighted by atomic mass is 16.5. The third-order valence-corrected chi connectivity index (χ3v) is 5.02. The topological polar surface area (TPSA) is 77.2 Å². The van der Waals surface area contributed by atoms with Gasteiger partial charge < -0.3 is 15.4 Å². The number of rotatable bonds is 5. The Balaban J connectivity index is 1.43. The Hall–Kier alpha value is -3.15. The summed E-state index contributed by atoms with van der Waals surface area (Å²) >= 11 is 0. The van der Waals surface area contributed by atoms with Crippen molar-refractivity contribution in [3.05, 3.63) is 60.3 Å². The summed E-state index contributed by atoms with van der Waals surface area (Å²) in [5.74, 6) is 2.88. The molecule has 0 saturated carbocycles. The minimum atomic E-state index is 0.567. The standard InChI is InChI=1S/C21H23N5O/c1-27-19-5-3-2-4-17(19)18-7-9-21(25-24-18)26-11-10-16(14-26)12-15-6-8-20(22)23-13-15/h2-9,13,16H,10-12,14H2,1H3,(H2,22,23). The minimum Gasteiger partial charge on any atom is -0.496 e. The Labute approximate surface area is 159 Å². The van der Waals surface area contributed by atoms with E-state index in [9.17, 15) is 0 Å². The van der Waals surface area contributed by atoms with E-state index in [1.54, 1.807) is 7.11 Å². The third kappa shape index (κ3) is 3.84. The van der Waals surface area contributed by atoms with Crippen molar-refractivity contribution < 1.29 is 4.74 Å². The zero-order valence-corrected chi connectivity index (χ0v) is 15.4. The molecule has 1 aliphatic rings. The quantitative estimate of drug-likeness (QED) is 0.752. The number of methoxy groups -OCH3 is 1. The van der Waals surface area contributed by atoms with Gasteiger partial charge in [0.1, 0.15) is 11.6 Å². The molecule has 1 unspecified atom stereocenters. The number of pyridine rings is 1. The molecule has 0 spiro atoms. The highest BCUT2D eigenvalue weighted by Crippen LogP contribution is 2.29. The van der Waals surface area contributed by atoms with Crippen LogP contribution in [-0.4, -0.2) is 35.4 Å². The highest BCUT2D eigenvalue weighted by molar-refractivity contribution is 5.67. The summed E-state index contributed by atoms with van der Waals surface area (Å²) in [5, 5.41) is 8.88. The summed E-state index contributed by atoms with van der Waals surface area (Å²) in [5.41, 5.74) is 8.67. The molecule has 1 aliphatic heterocycles. The van der Waals surface area contributed by atoms with Crippen LogP contribution < -0.4 is 15.4 Å². The molecule has 1 fully saturated rings. The average Bonchev–Trinajstić information content (AvgIpc) is 3.18. The lowest BCUT2D eigenvalue weighted by Crippen LogP contribution is -2.21. The predicted octanol–water partition coefficient (Wildman–Crippen LogP) is 3.20. The minimum absolute atomic E-state index is 0.567. The smallest absolute Gasteiger partial charge is 0.151 e. The first-order chi connectivity index (χ1) is 13.2. The van der Waals surface area contributed by atoms with Crippen LogP contribution in [0, 0.1) is 5.92 Å². The maximum atomic E-state index is 5.66. The van der Waals surface area contributed by atoms with Crippen molar-refractivity contribution in [2.75, 3.05) is 30.8 Å². The Morgan fingerprint density at radius 1 is 1.11 bits per heavy atom. The molecular formula is C21H23N5O. The van der Waals surface area contributed by atoms with Crippen LogP contribution in [0.1, 0.15) is 12.0 Å². The Morgan fingerprint density at radius 2 is 2.00 bits per heavy atom. The van der Waals surface area contributed by atoms with E-state index in [-0.39, 0.29) is 0 Å². The number of nitrogen functional groups attached to an aromatic ring is 1. The molecular weight excluding hydrogens is 338 g/mol. The molecule has 4 rings (SSSR count). The fourth-order valence-corrected chi connectivity index (χ4v) is 3.59. The van der Waals surface area contributed by atoms with E-state index in [0.29, 0.717) is 11.7 Å². The molecule has 1 atom stereocenters. The van der Waals surface area contributed by atoms with Crippen LogP contribution in [0.2, 0.25) is 0 Å². The van der Waals surface area contributed by atoms with Gasteiger partial charge in [0.25, 0.3) is 0 Å². The molecule has 2 N–H and O–H groups in total. The lowest BCUT2D eigenvalue weighted by molar-refractivity contribution is 0.416. The van der Waals surface area contributed by atoms with Crippen molar-refractivity contribution in [1.82, 2.24) is 15.2 Å². The second-order valence-electron chi connectivity index (χ2n) is 6.87. The van der Waals surface area contributed by atoms with E-state index >= 15 is 0 Å². The number of benzene rings is 1. The molecule has 0 aliphatic carbocycles. The summed E-state index contributed by atoms with van der Waals surface area (Å²) in [6.07, 6.45) is 4.02. The van der Waals surface area contributed by atoms with Crippen LogP contribution in [0.3, 0.4) is 0 Å². The summed E-state index contributed by atoms with van der Waals surface area (Å²) in [7, 11) is 1.67. The monoisotopic (exact) mass is 361 g/mol. The van der Waals surface area contributed by atoms with E-state index in [4.69, 9.17) is 10.5 Å². The largest absolute Gasteiger partial charge is 0.496 e. The van der Waals surface area contributed by atoms with Gasteiger partial charge in [-0.25, -0.2) is 4.98 Å². The van der Waals surface area contributed by atoms with Gasteiger partial charge in [-0.05, 0) is 54.7 Å². The number of ether oxygens (including phenoxy) is 1. The van der Waals surface area contributed by atoms with E-state index in [1.165, 1.54) is 5.56 Å². The molecule has 0 amide bonds. The fraction of sp³-hybridized carbons (Fsp3) is 0.286. The van der Waals surface area contributed by atoms with E-state index in [1.807, 2.05) is 48.7 Å². The molecule has 0 radical (unpaired) electrons. The SMILES string of the molecule is COc1ccccc1-c1ccc(N2CCC(Cc3ccc(N)nc3)C2)nn1. The van der Waals surface area contributed by atoms with Crippen molar-refractivity contribution in [2.24, 2.45) is 5.92 Å². The van der Waals surface area contributed by atoms with Gasteiger partial charge in [0.2, 0.25) is 0 Å². The molecule has 0 bridgehead atoms. The molecule has 6 nitrogen and oxygen atoms in total. The first kappa shape index (κ1) is 17.3. The van der Waals surface area contributed by atoms with Gasteiger partial charge in [-0.2, -0.15) is 0 Å². The van der Waals surface area contributed by atoms with Crippen LogP contribution in [0.5, 0.6) is 5.75 Å². The number of para-hydroxylation sites is 1. The maximum Gasteiger partial charge on any atom is 0.151 e. The molecule has 3 heterocycles. The number of hydrogen-bond acceptors (Lipinski definition) is 6. The molecule has 138 valence electrons. The summed E-state index contributed by atoms with van der Waals surface area (Å²) < 4.78 is 5.42. The molecule has 2 aromatic heterocycles. The van der Waals surface area contributed by atoms with Crippen molar-refractivity contribution in [1.29, 1.82) is 0 Å². The first-order valence-corrected chi connectivity index (χ1v) is 9.15. The zero-order chi connectivity index (χ0) is 18.6. The lowest BCUT2D eigenvalue weighted by Gasteiger charge is -2.17. The predicted molar refractivity (Wildman–Crippen MR) is 107 cm³/mol. The van der Waals surface area contributed by atoms with E-state index in [2.05, 4.69) is 26.1 Å². The van der Waals surface area contributed by atoms with Crippen LogP contribution >= 0.6 is 0 Å². The Bertz CT molecular complexity index is 895. The lowest BCUT2D eigenvalue weighted by atomic mass is 10.00. The van der Waals surface area contributed by atoms with E-state index in [0.717, 1.165) is 48.8 Å². The average molecular weight is 361 g/mol. The zero-order valence-electron chi connectivity index (χ0n) is 15.4.